The maximum atomic E-state index is 11.2. The zero-order valence-electron chi connectivity index (χ0n) is 27.7. The van der Waals surface area contributed by atoms with Crippen LogP contribution in [0.3, 0.4) is 0 Å². The summed E-state index contributed by atoms with van der Waals surface area (Å²) in [5, 5.41) is 13.2. The van der Waals surface area contributed by atoms with Crippen molar-refractivity contribution in [1.82, 2.24) is 29.1 Å². The number of rotatable bonds is 5. The summed E-state index contributed by atoms with van der Waals surface area (Å²) in [6.45, 7) is 0. The standard InChI is InChI=1S/C45H27N7/c46-28-34-41(51-37-19-9-7-17-32(37)43-39(51)21-11-23-47-43)25-31(26-42(34)52-38-20-10-8-18-33(38)44-40(52)22-12-24-48-44)36-27-35(29-13-3-1-4-14-29)49-45(50-36)30-15-5-2-6-16-30/h1-27H. The Labute approximate surface area is 298 Å². The molecule has 0 aliphatic carbocycles. The Bertz CT molecular complexity index is 2730. The molecule has 7 heteroatoms. The third-order valence-electron chi connectivity index (χ3n) is 9.67. The van der Waals surface area contributed by atoms with E-state index in [0.717, 1.165) is 83.3 Å². The number of hydrogen-bond donors (Lipinski definition) is 0. The van der Waals surface area contributed by atoms with E-state index in [4.69, 9.17) is 19.9 Å². The molecular weight excluding hydrogens is 639 g/mol. The molecule has 0 saturated heterocycles. The Balaban J connectivity index is 1.36. The van der Waals surface area contributed by atoms with Crippen LogP contribution in [-0.4, -0.2) is 29.1 Å². The van der Waals surface area contributed by atoms with Crippen LogP contribution in [0.2, 0.25) is 0 Å². The van der Waals surface area contributed by atoms with E-state index in [9.17, 15) is 5.26 Å². The van der Waals surface area contributed by atoms with Crippen molar-refractivity contribution < 1.29 is 0 Å². The van der Waals surface area contributed by atoms with Crippen LogP contribution in [0.5, 0.6) is 0 Å². The van der Waals surface area contributed by atoms with Crippen LogP contribution in [0.25, 0.3) is 89.2 Å². The molecule has 242 valence electrons. The topological polar surface area (TPSA) is 85.2 Å². The molecular formula is C45H27N7. The predicted molar refractivity (Wildman–Crippen MR) is 207 cm³/mol. The highest BCUT2D eigenvalue weighted by Crippen LogP contribution is 2.40. The van der Waals surface area contributed by atoms with Crippen LogP contribution in [0.4, 0.5) is 0 Å². The summed E-state index contributed by atoms with van der Waals surface area (Å²) in [6.07, 6.45) is 3.63. The first kappa shape index (κ1) is 29.5. The molecule has 10 aromatic rings. The largest absolute Gasteiger partial charge is 0.306 e. The van der Waals surface area contributed by atoms with Crippen LogP contribution in [-0.2, 0) is 0 Å². The monoisotopic (exact) mass is 665 g/mol. The Morgan fingerprint density at radius 2 is 0.904 bits per heavy atom. The first-order valence-electron chi connectivity index (χ1n) is 17.0. The predicted octanol–water partition coefficient (Wildman–Crippen LogP) is 10.3. The van der Waals surface area contributed by atoms with Gasteiger partial charge in [-0.2, -0.15) is 5.26 Å². The molecule has 0 radical (unpaired) electrons. The van der Waals surface area contributed by atoms with Gasteiger partial charge in [-0.1, -0.05) is 97.1 Å². The number of pyridine rings is 2. The molecule has 0 saturated carbocycles. The minimum absolute atomic E-state index is 0.516. The summed E-state index contributed by atoms with van der Waals surface area (Å²) in [7, 11) is 0. The van der Waals surface area contributed by atoms with E-state index in [2.05, 4.69) is 75.9 Å². The fourth-order valence-electron chi connectivity index (χ4n) is 7.38. The molecule has 52 heavy (non-hydrogen) atoms. The molecule has 0 aliphatic heterocycles. The SMILES string of the molecule is N#Cc1c(-n2c3ccccc3c3ncccc32)cc(-c2cc(-c3ccccc3)nc(-c3ccccc3)n2)cc1-n1c2ccccc2c2ncccc21. The minimum atomic E-state index is 0.516. The van der Waals surface area contributed by atoms with Crippen molar-refractivity contribution in [3.8, 4) is 51.3 Å². The average Bonchev–Trinajstić information content (AvgIpc) is 3.74. The van der Waals surface area contributed by atoms with Crippen LogP contribution in [0.15, 0.2) is 164 Å². The molecule has 5 aromatic carbocycles. The summed E-state index contributed by atoms with van der Waals surface area (Å²) >= 11 is 0. The van der Waals surface area contributed by atoms with Crippen LogP contribution >= 0.6 is 0 Å². The summed E-state index contributed by atoms with van der Waals surface area (Å²) in [6, 6.07) is 53.5. The van der Waals surface area contributed by atoms with Crippen molar-refractivity contribution in [1.29, 1.82) is 5.26 Å². The van der Waals surface area contributed by atoms with E-state index in [1.807, 2.05) is 103 Å². The van der Waals surface area contributed by atoms with E-state index in [1.54, 1.807) is 0 Å². The lowest BCUT2D eigenvalue weighted by Gasteiger charge is -2.18. The molecule has 0 bridgehead atoms. The molecule has 10 rings (SSSR count). The summed E-state index contributed by atoms with van der Waals surface area (Å²) < 4.78 is 4.32. The zero-order chi connectivity index (χ0) is 34.6. The van der Waals surface area contributed by atoms with Gasteiger partial charge in [0.1, 0.15) is 11.6 Å². The third-order valence-corrected chi connectivity index (χ3v) is 9.67. The number of fused-ring (bicyclic) bond motifs is 6. The quantitative estimate of drug-likeness (QED) is 0.183. The van der Waals surface area contributed by atoms with Crippen molar-refractivity contribution in [3.63, 3.8) is 0 Å². The van der Waals surface area contributed by atoms with Gasteiger partial charge in [-0.15, -0.1) is 0 Å². The molecule has 0 N–H and O–H groups in total. The lowest BCUT2D eigenvalue weighted by atomic mass is 10.0. The van der Waals surface area contributed by atoms with E-state index in [-0.39, 0.29) is 0 Å². The number of nitrogens with zero attached hydrogens (tertiary/aromatic N) is 7. The Morgan fingerprint density at radius 1 is 0.442 bits per heavy atom. The van der Waals surface area contributed by atoms with E-state index >= 15 is 0 Å². The molecule has 0 amide bonds. The number of hydrogen-bond acceptors (Lipinski definition) is 5. The highest BCUT2D eigenvalue weighted by molar-refractivity contribution is 6.09. The number of aromatic nitrogens is 6. The normalized spacial score (nSPS) is 11.4. The molecule has 5 heterocycles. The Hall–Kier alpha value is -7.43. The summed E-state index contributed by atoms with van der Waals surface area (Å²) in [5.74, 6) is 0.617. The second-order valence-electron chi connectivity index (χ2n) is 12.6. The lowest BCUT2D eigenvalue weighted by molar-refractivity contribution is 1.11. The van der Waals surface area contributed by atoms with Crippen LogP contribution in [0, 0.1) is 11.3 Å². The first-order chi connectivity index (χ1) is 25.8. The van der Waals surface area contributed by atoms with Gasteiger partial charge in [-0.25, -0.2) is 9.97 Å². The van der Waals surface area contributed by atoms with Gasteiger partial charge in [-0.05, 0) is 54.6 Å². The Morgan fingerprint density at radius 3 is 1.44 bits per heavy atom. The number of benzene rings is 5. The molecule has 0 atom stereocenters. The minimum Gasteiger partial charge on any atom is -0.306 e. The summed E-state index contributed by atoms with van der Waals surface area (Å²) in [4.78, 5) is 19.9. The molecule has 0 unspecified atom stereocenters. The second kappa shape index (κ2) is 11.9. The zero-order valence-corrected chi connectivity index (χ0v) is 27.7. The number of nitriles is 1. The highest BCUT2D eigenvalue weighted by atomic mass is 15.0. The smallest absolute Gasteiger partial charge is 0.160 e. The lowest BCUT2D eigenvalue weighted by Crippen LogP contribution is -2.06. The van der Waals surface area contributed by atoms with Crippen LogP contribution in [0.1, 0.15) is 5.56 Å². The maximum Gasteiger partial charge on any atom is 0.160 e. The fraction of sp³-hybridized carbons (Fsp3) is 0. The Kier molecular flexibility index (Phi) is 6.73. The van der Waals surface area contributed by atoms with E-state index in [0.29, 0.717) is 11.4 Å². The molecule has 0 fully saturated rings. The van der Waals surface area contributed by atoms with E-state index < -0.39 is 0 Å². The van der Waals surface area contributed by atoms with Crippen molar-refractivity contribution in [2.45, 2.75) is 0 Å². The average molecular weight is 666 g/mol. The van der Waals surface area contributed by atoms with Crippen molar-refractivity contribution in [2.75, 3.05) is 0 Å². The van der Waals surface area contributed by atoms with Crippen molar-refractivity contribution in [3.05, 3.63) is 170 Å². The van der Waals surface area contributed by atoms with Gasteiger partial charge in [-0.3, -0.25) is 9.97 Å². The third kappa shape index (κ3) is 4.59. The van der Waals surface area contributed by atoms with Crippen molar-refractivity contribution >= 4 is 43.9 Å². The van der Waals surface area contributed by atoms with Gasteiger partial charge in [0.05, 0.1) is 55.9 Å². The fourth-order valence-corrected chi connectivity index (χ4v) is 7.38. The van der Waals surface area contributed by atoms with Gasteiger partial charge in [0.25, 0.3) is 0 Å². The van der Waals surface area contributed by atoms with Crippen molar-refractivity contribution in [2.24, 2.45) is 0 Å². The highest BCUT2D eigenvalue weighted by Gasteiger charge is 2.23. The number of para-hydroxylation sites is 2. The van der Waals surface area contributed by atoms with Gasteiger partial charge in [0.2, 0.25) is 0 Å². The van der Waals surface area contributed by atoms with Crippen LogP contribution < -0.4 is 0 Å². The first-order valence-corrected chi connectivity index (χ1v) is 17.0. The van der Waals surface area contributed by atoms with Gasteiger partial charge in [0, 0.05) is 39.9 Å². The van der Waals surface area contributed by atoms with Gasteiger partial charge >= 0.3 is 0 Å². The molecule has 5 aromatic heterocycles. The second-order valence-corrected chi connectivity index (χ2v) is 12.6. The molecule has 0 spiro atoms. The molecule has 7 nitrogen and oxygen atoms in total. The van der Waals surface area contributed by atoms with E-state index in [1.165, 1.54) is 0 Å². The summed E-state index contributed by atoms with van der Waals surface area (Å²) in [5.41, 5.74) is 11.7. The van der Waals surface area contributed by atoms with Gasteiger partial charge < -0.3 is 9.13 Å². The molecule has 0 aliphatic rings. The maximum absolute atomic E-state index is 11.2. The van der Waals surface area contributed by atoms with Gasteiger partial charge in [0.15, 0.2) is 5.82 Å².